The number of hydrogen-bond donors (Lipinski definition) is 2. The lowest BCUT2D eigenvalue weighted by molar-refractivity contribution is 0.257. The molecule has 0 fully saturated rings. The monoisotopic (exact) mass is 485 g/mol. The van der Waals surface area contributed by atoms with Crippen LogP contribution in [0.5, 0.6) is 11.5 Å². The van der Waals surface area contributed by atoms with Gasteiger partial charge in [-0.05, 0) is 36.2 Å². The Morgan fingerprint density at radius 2 is 1.97 bits per heavy atom. The lowest BCUT2D eigenvalue weighted by atomic mass is 10.2. The van der Waals surface area contributed by atoms with Crippen LogP contribution in [-0.2, 0) is 13.5 Å². The van der Waals surface area contributed by atoms with Gasteiger partial charge in [-0.3, -0.25) is 9.58 Å². The summed E-state index contributed by atoms with van der Waals surface area (Å²) in [5.41, 5.74) is 8.82. The molecular weight excluding hydrogens is 468 g/mol. The second-order valence-corrected chi connectivity index (χ2v) is 8.42. The lowest BCUT2D eigenvalue weighted by Crippen LogP contribution is -2.33. The van der Waals surface area contributed by atoms with E-state index in [1.807, 2.05) is 24.3 Å². The number of para-hydroxylation sites is 1. The number of hydrogen-bond acceptors (Lipinski definition) is 4. The number of aryl methyl sites for hydroxylation is 1. The van der Waals surface area contributed by atoms with E-state index in [4.69, 9.17) is 33.7 Å². The van der Waals surface area contributed by atoms with Crippen molar-refractivity contribution in [1.29, 1.82) is 0 Å². The van der Waals surface area contributed by atoms with Gasteiger partial charge < -0.3 is 15.8 Å². The Balaban J connectivity index is 1.61. The highest BCUT2D eigenvalue weighted by atomic mass is 35.5. The summed E-state index contributed by atoms with van der Waals surface area (Å²) in [7, 11) is 1.68. The summed E-state index contributed by atoms with van der Waals surface area (Å²) in [5.74, 6) is -0.170. The summed E-state index contributed by atoms with van der Waals surface area (Å²) < 4.78 is 21.4. The van der Waals surface area contributed by atoms with E-state index in [0.717, 1.165) is 23.7 Å². The number of rotatable bonds is 3. The normalized spacial score (nSPS) is 12.8. The number of aromatic nitrogens is 2. The van der Waals surface area contributed by atoms with Gasteiger partial charge in [-0.2, -0.15) is 5.10 Å². The van der Waals surface area contributed by atoms with E-state index in [9.17, 15) is 9.18 Å². The Morgan fingerprint density at radius 1 is 1.18 bits per heavy atom. The summed E-state index contributed by atoms with van der Waals surface area (Å²) >= 11 is 12.7. The van der Waals surface area contributed by atoms with Crippen molar-refractivity contribution in [3.05, 3.63) is 70.0 Å². The molecule has 0 atom stereocenters. The molecule has 10 heteroatoms. The molecule has 0 spiro atoms. The second kappa shape index (κ2) is 8.13. The van der Waals surface area contributed by atoms with Gasteiger partial charge in [0.2, 0.25) is 0 Å². The van der Waals surface area contributed by atoms with Crippen molar-refractivity contribution in [1.82, 2.24) is 9.78 Å². The number of anilines is 3. The Labute approximate surface area is 198 Å². The number of carbonyl (C=O) groups excluding carboxylic acids is 1. The molecule has 1 aliphatic rings. The summed E-state index contributed by atoms with van der Waals surface area (Å²) in [5, 5.41) is 7.96. The van der Waals surface area contributed by atoms with Crippen molar-refractivity contribution in [2.45, 2.75) is 6.42 Å². The van der Waals surface area contributed by atoms with Crippen LogP contribution in [0.25, 0.3) is 10.9 Å². The van der Waals surface area contributed by atoms with Crippen molar-refractivity contribution in [3.63, 3.8) is 0 Å². The Kier molecular flexibility index (Phi) is 5.26. The fraction of sp³-hybridized carbons (Fsp3) is 0.130. The molecule has 2 heterocycles. The first-order valence-electron chi connectivity index (χ1n) is 10.1. The quantitative estimate of drug-likeness (QED) is 0.373. The summed E-state index contributed by atoms with van der Waals surface area (Å²) in [6, 6.07) is 12.6. The van der Waals surface area contributed by atoms with Crippen molar-refractivity contribution in [2.75, 3.05) is 22.5 Å². The molecule has 1 aromatic heterocycles. The predicted molar refractivity (Wildman–Crippen MR) is 128 cm³/mol. The van der Waals surface area contributed by atoms with Crippen LogP contribution in [0.1, 0.15) is 5.56 Å². The third-order valence-electron chi connectivity index (χ3n) is 5.52. The number of amides is 2. The molecular formula is C23H18Cl2FN5O2. The number of halogens is 3. The average Bonchev–Trinajstić information content (AvgIpc) is 3.34. The Hall–Kier alpha value is -3.49. The summed E-state index contributed by atoms with van der Waals surface area (Å²) in [6.45, 7) is 0.530. The van der Waals surface area contributed by atoms with Gasteiger partial charge >= 0.3 is 6.03 Å². The van der Waals surface area contributed by atoms with E-state index in [0.29, 0.717) is 22.5 Å². The number of nitrogens with zero attached hydrogens (tertiary/aromatic N) is 3. The molecule has 7 nitrogen and oxygen atoms in total. The molecule has 3 aromatic carbocycles. The minimum Gasteiger partial charge on any atom is -0.453 e. The van der Waals surface area contributed by atoms with E-state index >= 15 is 0 Å². The molecule has 4 aromatic rings. The number of fused-ring (bicyclic) bond motifs is 2. The first-order valence-corrected chi connectivity index (χ1v) is 10.8. The smallest absolute Gasteiger partial charge is 0.326 e. The number of carbonyl (C=O) groups is 1. The molecule has 1 aliphatic heterocycles. The van der Waals surface area contributed by atoms with Gasteiger partial charge in [0.25, 0.3) is 0 Å². The van der Waals surface area contributed by atoms with Crippen LogP contribution in [-0.4, -0.2) is 22.4 Å². The van der Waals surface area contributed by atoms with E-state index < -0.39 is 5.82 Å². The van der Waals surface area contributed by atoms with Crippen LogP contribution >= 0.6 is 23.2 Å². The van der Waals surface area contributed by atoms with Crippen LogP contribution in [0.2, 0.25) is 10.0 Å². The second-order valence-electron chi connectivity index (χ2n) is 7.60. The number of benzene rings is 3. The molecule has 0 bridgehead atoms. The number of nitrogens with one attached hydrogen (secondary N) is 1. The molecule has 0 unspecified atom stereocenters. The minimum atomic E-state index is -0.530. The topological polar surface area (TPSA) is 85.4 Å². The summed E-state index contributed by atoms with van der Waals surface area (Å²) in [4.78, 5) is 14.9. The van der Waals surface area contributed by atoms with Gasteiger partial charge in [-0.1, -0.05) is 41.4 Å². The van der Waals surface area contributed by atoms with E-state index in [1.165, 1.54) is 16.8 Å². The molecule has 2 amide bonds. The van der Waals surface area contributed by atoms with Gasteiger partial charge in [-0.25, -0.2) is 9.18 Å². The fourth-order valence-corrected chi connectivity index (χ4v) is 4.52. The predicted octanol–water partition coefficient (Wildman–Crippen LogP) is 5.99. The zero-order chi connectivity index (χ0) is 23.3. The highest BCUT2D eigenvalue weighted by molar-refractivity contribution is 6.36. The standard InChI is InChI=1S/C23H18Cl2FN5O2/c1-30-20-15(25)11-16(28-23(32)31-9-8-12-4-2-3-5-17(12)31)21(19(20)22(27)29-30)33-18-10-13(26)6-7-14(18)24/h2-7,10-11H,8-9H2,1H3,(H2,27,29)(H,28,32). The molecule has 3 N–H and O–H groups in total. The van der Waals surface area contributed by atoms with E-state index in [2.05, 4.69) is 10.4 Å². The molecule has 0 radical (unpaired) electrons. The van der Waals surface area contributed by atoms with Crippen LogP contribution in [0.15, 0.2) is 48.5 Å². The van der Waals surface area contributed by atoms with Crippen molar-refractivity contribution < 1.29 is 13.9 Å². The van der Waals surface area contributed by atoms with Gasteiger partial charge in [0.15, 0.2) is 11.6 Å². The van der Waals surface area contributed by atoms with Crippen molar-refractivity contribution in [3.8, 4) is 11.5 Å². The first kappa shape index (κ1) is 21.4. The first-order chi connectivity index (χ1) is 15.8. The maximum Gasteiger partial charge on any atom is 0.326 e. The maximum absolute atomic E-state index is 13.9. The van der Waals surface area contributed by atoms with Crippen LogP contribution in [0, 0.1) is 5.82 Å². The fourth-order valence-electron chi connectivity index (χ4n) is 4.03. The van der Waals surface area contributed by atoms with Gasteiger partial charge in [-0.15, -0.1) is 0 Å². The maximum atomic E-state index is 13.9. The third kappa shape index (κ3) is 3.71. The SMILES string of the molecule is Cn1nc(N)c2c(Oc3cc(F)ccc3Cl)c(NC(=O)N3CCc4ccccc43)cc(Cl)c21. The lowest BCUT2D eigenvalue weighted by Gasteiger charge is -2.20. The molecule has 168 valence electrons. The van der Waals surface area contributed by atoms with Crippen LogP contribution in [0.4, 0.5) is 26.4 Å². The highest BCUT2D eigenvalue weighted by Gasteiger charge is 2.27. The largest absolute Gasteiger partial charge is 0.453 e. The van der Waals surface area contributed by atoms with Gasteiger partial charge in [0.05, 0.1) is 26.6 Å². The molecule has 0 saturated carbocycles. The van der Waals surface area contributed by atoms with Crippen LogP contribution in [0.3, 0.4) is 0 Å². The van der Waals surface area contributed by atoms with E-state index in [-0.39, 0.29) is 34.1 Å². The average molecular weight is 486 g/mol. The zero-order valence-electron chi connectivity index (χ0n) is 17.4. The van der Waals surface area contributed by atoms with Crippen molar-refractivity contribution in [2.24, 2.45) is 7.05 Å². The van der Waals surface area contributed by atoms with E-state index in [1.54, 1.807) is 18.0 Å². The molecule has 5 rings (SSSR count). The molecule has 0 aliphatic carbocycles. The number of nitrogen functional groups attached to an aromatic ring is 1. The molecule has 0 saturated heterocycles. The highest BCUT2D eigenvalue weighted by Crippen LogP contribution is 2.45. The third-order valence-corrected chi connectivity index (χ3v) is 6.12. The van der Waals surface area contributed by atoms with Gasteiger partial charge in [0, 0.05) is 25.3 Å². The van der Waals surface area contributed by atoms with Gasteiger partial charge in [0.1, 0.15) is 11.6 Å². The zero-order valence-corrected chi connectivity index (χ0v) is 18.9. The Bertz CT molecular complexity index is 1420. The molecule has 33 heavy (non-hydrogen) atoms. The number of ether oxygens (including phenoxy) is 1. The minimum absolute atomic E-state index is 0.0607. The Morgan fingerprint density at radius 3 is 2.79 bits per heavy atom. The summed E-state index contributed by atoms with van der Waals surface area (Å²) in [6.07, 6.45) is 0.751. The van der Waals surface area contributed by atoms with Crippen LogP contribution < -0.4 is 20.7 Å². The number of nitrogens with two attached hydrogens (primary N) is 1. The number of urea groups is 1. The van der Waals surface area contributed by atoms with Crippen molar-refractivity contribution >= 4 is 57.3 Å².